The Bertz CT molecular complexity index is 141. The molecular formula is C5H7NO2S. The van der Waals surface area contributed by atoms with Crippen LogP contribution in [0.1, 0.15) is 0 Å². The molecule has 3 nitrogen and oxygen atoms in total. The maximum absolute atomic E-state index is 10.7. The van der Waals surface area contributed by atoms with Crippen LogP contribution in [-0.4, -0.2) is 29.7 Å². The zero-order chi connectivity index (χ0) is 6.85. The summed E-state index contributed by atoms with van der Waals surface area (Å²) in [6, 6.07) is -0.532. The summed E-state index contributed by atoms with van der Waals surface area (Å²) in [6.45, 7) is 0. The van der Waals surface area contributed by atoms with Crippen LogP contribution in [0.4, 0.5) is 0 Å². The second-order valence-corrected chi connectivity index (χ2v) is 2.78. The number of ketones is 1. The van der Waals surface area contributed by atoms with Gasteiger partial charge >= 0.3 is 0 Å². The lowest BCUT2D eigenvalue weighted by Crippen LogP contribution is -2.35. The number of Topliss-reactive ketones (excluding diaryl/α,β-unsaturated/α-hetero) is 1. The lowest BCUT2D eigenvalue weighted by molar-refractivity contribution is -0.122. The molecule has 1 heterocycles. The van der Waals surface area contributed by atoms with Gasteiger partial charge in [0.15, 0.2) is 5.78 Å². The Balaban J connectivity index is 2.66. The number of likely N-dealkylation sites (N-methyl/N-ethyl adjacent to an activating group) is 1. The molecule has 0 saturated carbocycles. The first kappa shape index (κ1) is 6.77. The number of thioether (sulfide) groups is 1. The maximum atomic E-state index is 10.7. The molecule has 50 valence electrons. The molecule has 0 spiro atoms. The van der Waals surface area contributed by atoms with Gasteiger partial charge in [0.1, 0.15) is 6.04 Å². The zero-order valence-electron chi connectivity index (χ0n) is 5.01. The number of hydrogen-bond acceptors (Lipinski definition) is 4. The van der Waals surface area contributed by atoms with E-state index in [1.807, 2.05) is 0 Å². The second kappa shape index (κ2) is 2.49. The van der Waals surface area contributed by atoms with E-state index in [-0.39, 0.29) is 10.9 Å². The molecule has 1 unspecified atom stereocenters. The summed E-state index contributed by atoms with van der Waals surface area (Å²) in [5.41, 5.74) is 0. The topological polar surface area (TPSA) is 46.2 Å². The predicted molar refractivity (Wildman–Crippen MR) is 35.3 cm³/mol. The van der Waals surface area contributed by atoms with Crippen LogP contribution < -0.4 is 5.32 Å². The number of carbonyl (C=O) groups excluding carboxylic acids is 2. The number of nitrogens with one attached hydrogen (secondary N) is 1. The van der Waals surface area contributed by atoms with Crippen molar-refractivity contribution in [2.45, 2.75) is 6.04 Å². The third-order valence-electron chi connectivity index (χ3n) is 1.20. The van der Waals surface area contributed by atoms with E-state index in [9.17, 15) is 9.59 Å². The number of rotatable bonds is 1. The predicted octanol–water partition coefficient (Wildman–Crippen LogP) is -0.583. The minimum Gasteiger partial charge on any atom is -0.304 e. The SMILES string of the molecule is CNC1C(=O)CSC1=O. The van der Waals surface area contributed by atoms with Gasteiger partial charge in [0, 0.05) is 0 Å². The smallest absolute Gasteiger partial charge is 0.213 e. The van der Waals surface area contributed by atoms with Gasteiger partial charge < -0.3 is 5.32 Å². The fraction of sp³-hybridized carbons (Fsp3) is 0.600. The van der Waals surface area contributed by atoms with Gasteiger partial charge in [-0.05, 0) is 7.05 Å². The molecule has 1 aliphatic rings. The highest BCUT2D eigenvalue weighted by Gasteiger charge is 2.31. The van der Waals surface area contributed by atoms with E-state index in [1.165, 1.54) is 0 Å². The molecule has 1 atom stereocenters. The number of hydrogen-bond donors (Lipinski definition) is 1. The summed E-state index contributed by atoms with van der Waals surface area (Å²) in [5, 5.41) is 2.59. The van der Waals surface area contributed by atoms with Crippen molar-refractivity contribution in [2.75, 3.05) is 12.8 Å². The van der Waals surface area contributed by atoms with E-state index >= 15 is 0 Å². The van der Waals surface area contributed by atoms with Gasteiger partial charge in [-0.3, -0.25) is 9.59 Å². The van der Waals surface area contributed by atoms with Gasteiger partial charge in [0.25, 0.3) is 0 Å². The molecule has 1 fully saturated rings. The third kappa shape index (κ3) is 1.14. The van der Waals surface area contributed by atoms with Crippen molar-refractivity contribution in [3.05, 3.63) is 0 Å². The van der Waals surface area contributed by atoms with Crippen LogP contribution in [-0.2, 0) is 9.59 Å². The van der Waals surface area contributed by atoms with Crippen LogP contribution in [0.15, 0.2) is 0 Å². The molecular weight excluding hydrogens is 138 g/mol. The van der Waals surface area contributed by atoms with E-state index in [2.05, 4.69) is 5.32 Å². The Morgan fingerprint density at radius 2 is 2.33 bits per heavy atom. The van der Waals surface area contributed by atoms with Crippen molar-refractivity contribution < 1.29 is 9.59 Å². The first-order valence-corrected chi connectivity index (χ1v) is 3.61. The number of carbonyl (C=O) groups is 2. The van der Waals surface area contributed by atoms with Crippen molar-refractivity contribution in [2.24, 2.45) is 0 Å². The standard InChI is InChI=1S/C5H7NO2S/c1-6-4-3(7)2-9-5(4)8/h4,6H,2H2,1H3. The monoisotopic (exact) mass is 145 g/mol. The summed E-state index contributed by atoms with van der Waals surface area (Å²) in [6.07, 6.45) is 0. The van der Waals surface area contributed by atoms with Crippen molar-refractivity contribution in [3.63, 3.8) is 0 Å². The molecule has 0 aromatic heterocycles. The molecule has 0 aromatic rings. The molecule has 0 radical (unpaired) electrons. The molecule has 1 N–H and O–H groups in total. The zero-order valence-corrected chi connectivity index (χ0v) is 5.83. The highest BCUT2D eigenvalue weighted by molar-refractivity contribution is 8.15. The van der Waals surface area contributed by atoms with E-state index in [0.29, 0.717) is 5.75 Å². The van der Waals surface area contributed by atoms with Crippen LogP contribution in [0.5, 0.6) is 0 Å². The molecule has 1 aliphatic heterocycles. The van der Waals surface area contributed by atoms with Gasteiger partial charge in [-0.1, -0.05) is 11.8 Å². The average molecular weight is 145 g/mol. The summed E-state index contributed by atoms with van der Waals surface area (Å²) in [5.74, 6) is 0.331. The van der Waals surface area contributed by atoms with Crippen LogP contribution in [0.25, 0.3) is 0 Å². The average Bonchev–Trinajstić information content (AvgIpc) is 2.12. The van der Waals surface area contributed by atoms with Gasteiger partial charge in [0.2, 0.25) is 5.12 Å². The van der Waals surface area contributed by atoms with Crippen molar-refractivity contribution in [1.29, 1.82) is 0 Å². The van der Waals surface area contributed by atoms with Crippen molar-refractivity contribution in [3.8, 4) is 0 Å². The molecule has 1 saturated heterocycles. The van der Waals surface area contributed by atoms with Crippen molar-refractivity contribution >= 4 is 22.7 Å². The second-order valence-electron chi connectivity index (χ2n) is 1.80. The highest BCUT2D eigenvalue weighted by Crippen LogP contribution is 2.15. The summed E-state index contributed by atoms with van der Waals surface area (Å²) >= 11 is 1.09. The molecule has 1 rings (SSSR count). The van der Waals surface area contributed by atoms with Crippen LogP contribution in [0, 0.1) is 0 Å². The van der Waals surface area contributed by atoms with Gasteiger partial charge in [-0.25, -0.2) is 0 Å². The fourth-order valence-electron chi connectivity index (χ4n) is 0.719. The minimum absolute atomic E-state index is 0.00694. The largest absolute Gasteiger partial charge is 0.304 e. The fourth-order valence-corrected chi connectivity index (χ4v) is 1.59. The van der Waals surface area contributed by atoms with E-state index in [0.717, 1.165) is 11.8 Å². The van der Waals surface area contributed by atoms with Gasteiger partial charge in [-0.2, -0.15) is 0 Å². The van der Waals surface area contributed by atoms with Crippen LogP contribution in [0.2, 0.25) is 0 Å². The quantitative estimate of drug-likeness (QED) is 0.501. The van der Waals surface area contributed by atoms with E-state index in [1.54, 1.807) is 7.05 Å². The lowest BCUT2D eigenvalue weighted by atomic mass is 10.2. The van der Waals surface area contributed by atoms with Gasteiger partial charge in [0.05, 0.1) is 5.75 Å². The Morgan fingerprint density at radius 3 is 2.56 bits per heavy atom. The Morgan fingerprint density at radius 1 is 1.67 bits per heavy atom. The minimum atomic E-state index is -0.532. The Kier molecular flexibility index (Phi) is 1.87. The first-order valence-electron chi connectivity index (χ1n) is 2.62. The summed E-state index contributed by atoms with van der Waals surface area (Å²) in [7, 11) is 1.62. The molecule has 0 aliphatic carbocycles. The summed E-state index contributed by atoms with van der Waals surface area (Å²) < 4.78 is 0. The molecule has 0 aromatic carbocycles. The molecule has 9 heavy (non-hydrogen) atoms. The Labute approximate surface area is 57.2 Å². The summed E-state index contributed by atoms with van der Waals surface area (Å²) in [4.78, 5) is 21.4. The van der Waals surface area contributed by atoms with E-state index < -0.39 is 6.04 Å². The molecule has 0 bridgehead atoms. The first-order chi connectivity index (χ1) is 4.25. The Hall–Kier alpha value is -0.350. The molecule has 0 amide bonds. The molecule has 4 heteroatoms. The van der Waals surface area contributed by atoms with Gasteiger partial charge in [-0.15, -0.1) is 0 Å². The third-order valence-corrected chi connectivity index (χ3v) is 2.15. The highest BCUT2D eigenvalue weighted by atomic mass is 32.2. The van der Waals surface area contributed by atoms with Crippen molar-refractivity contribution in [1.82, 2.24) is 5.32 Å². The maximum Gasteiger partial charge on any atom is 0.213 e. The van der Waals surface area contributed by atoms with E-state index in [4.69, 9.17) is 0 Å². The van der Waals surface area contributed by atoms with Crippen LogP contribution >= 0.6 is 11.8 Å². The lowest BCUT2D eigenvalue weighted by Gasteiger charge is -1.99. The van der Waals surface area contributed by atoms with Crippen LogP contribution in [0.3, 0.4) is 0 Å². The normalized spacial score (nSPS) is 27.4.